The molecule has 86 valence electrons. The lowest BCUT2D eigenvalue weighted by Gasteiger charge is -2.23. The number of benzene rings is 1. The van der Waals surface area contributed by atoms with Gasteiger partial charge in [-0.2, -0.15) is 0 Å². The standard InChI is InChI=1S/C12H12F2O2/c13-10(14)7-12(11(15)16)5-8-3-1-2-4-9(8)6-12/h1-4,10H,5-7H2,(H,15,16). The van der Waals surface area contributed by atoms with Gasteiger partial charge in [0, 0.05) is 6.42 Å². The Morgan fingerprint density at radius 3 is 2.19 bits per heavy atom. The summed E-state index contributed by atoms with van der Waals surface area (Å²) < 4.78 is 24.9. The van der Waals surface area contributed by atoms with E-state index in [0.29, 0.717) is 0 Å². The van der Waals surface area contributed by atoms with Gasteiger partial charge in [0.2, 0.25) is 6.43 Å². The Morgan fingerprint density at radius 1 is 1.31 bits per heavy atom. The molecular weight excluding hydrogens is 214 g/mol. The molecule has 0 saturated carbocycles. The lowest BCUT2D eigenvalue weighted by atomic mass is 9.81. The first-order chi connectivity index (χ1) is 7.53. The molecule has 0 unspecified atom stereocenters. The topological polar surface area (TPSA) is 37.3 Å². The third kappa shape index (κ3) is 1.79. The summed E-state index contributed by atoms with van der Waals surface area (Å²) in [6.07, 6.45) is -2.73. The van der Waals surface area contributed by atoms with Crippen molar-refractivity contribution in [3.63, 3.8) is 0 Å². The van der Waals surface area contributed by atoms with Crippen LogP contribution in [0.25, 0.3) is 0 Å². The molecule has 16 heavy (non-hydrogen) atoms. The average molecular weight is 226 g/mol. The van der Waals surface area contributed by atoms with Crippen LogP contribution in [-0.4, -0.2) is 17.5 Å². The quantitative estimate of drug-likeness (QED) is 0.859. The molecule has 0 spiro atoms. The second-order valence-corrected chi connectivity index (χ2v) is 4.30. The predicted molar refractivity (Wildman–Crippen MR) is 54.5 cm³/mol. The second-order valence-electron chi connectivity index (χ2n) is 4.30. The van der Waals surface area contributed by atoms with E-state index >= 15 is 0 Å². The van der Waals surface area contributed by atoms with Gasteiger partial charge in [-0.25, -0.2) is 8.78 Å². The van der Waals surface area contributed by atoms with Gasteiger partial charge in [0.05, 0.1) is 5.41 Å². The fourth-order valence-corrected chi connectivity index (χ4v) is 2.37. The molecule has 0 aromatic heterocycles. The molecule has 1 aliphatic carbocycles. The molecule has 1 aromatic carbocycles. The van der Waals surface area contributed by atoms with Crippen LogP contribution < -0.4 is 0 Å². The second kappa shape index (κ2) is 3.85. The lowest BCUT2D eigenvalue weighted by molar-refractivity contribution is -0.151. The van der Waals surface area contributed by atoms with Crippen LogP contribution in [0.15, 0.2) is 24.3 Å². The molecule has 2 nitrogen and oxygen atoms in total. The molecule has 0 heterocycles. The molecule has 0 fully saturated rings. The van der Waals surface area contributed by atoms with Crippen LogP contribution in [0, 0.1) is 5.41 Å². The fourth-order valence-electron chi connectivity index (χ4n) is 2.37. The number of halogens is 2. The molecule has 0 aliphatic heterocycles. The van der Waals surface area contributed by atoms with Gasteiger partial charge in [0.25, 0.3) is 0 Å². The van der Waals surface area contributed by atoms with Gasteiger partial charge in [-0.1, -0.05) is 24.3 Å². The molecule has 4 heteroatoms. The van der Waals surface area contributed by atoms with Crippen molar-refractivity contribution in [1.29, 1.82) is 0 Å². The summed E-state index contributed by atoms with van der Waals surface area (Å²) >= 11 is 0. The van der Waals surface area contributed by atoms with Gasteiger partial charge in [0.15, 0.2) is 0 Å². The first-order valence-corrected chi connectivity index (χ1v) is 5.12. The fraction of sp³-hybridized carbons (Fsp3) is 0.417. The molecule has 0 bridgehead atoms. The maximum Gasteiger partial charge on any atom is 0.310 e. The number of carbonyl (C=O) groups is 1. The Hall–Kier alpha value is -1.45. The Labute approximate surface area is 91.9 Å². The minimum Gasteiger partial charge on any atom is -0.481 e. The number of rotatable bonds is 3. The van der Waals surface area contributed by atoms with Crippen molar-refractivity contribution >= 4 is 5.97 Å². The summed E-state index contributed by atoms with van der Waals surface area (Å²) in [5.41, 5.74) is 0.453. The number of carboxylic acid groups (broad SMARTS) is 1. The zero-order valence-corrected chi connectivity index (χ0v) is 8.62. The van der Waals surface area contributed by atoms with E-state index < -0.39 is 24.2 Å². The van der Waals surface area contributed by atoms with Crippen LogP contribution in [0.4, 0.5) is 8.78 Å². The number of alkyl halides is 2. The van der Waals surface area contributed by atoms with Crippen LogP contribution in [0.3, 0.4) is 0 Å². The molecule has 0 saturated heterocycles. The Bertz CT molecular complexity index is 390. The lowest BCUT2D eigenvalue weighted by Crippen LogP contribution is -2.33. The first-order valence-electron chi connectivity index (χ1n) is 5.12. The Balaban J connectivity index is 2.31. The molecule has 1 aromatic rings. The highest BCUT2D eigenvalue weighted by Crippen LogP contribution is 2.41. The summed E-state index contributed by atoms with van der Waals surface area (Å²) in [7, 11) is 0. The van der Waals surface area contributed by atoms with Crippen molar-refractivity contribution in [3.8, 4) is 0 Å². The van der Waals surface area contributed by atoms with Gasteiger partial charge in [0.1, 0.15) is 0 Å². The van der Waals surface area contributed by atoms with Crippen molar-refractivity contribution in [3.05, 3.63) is 35.4 Å². The number of carboxylic acids is 1. The smallest absolute Gasteiger partial charge is 0.310 e. The highest BCUT2D eigenvalue weighted by Gasteiger charge is 2.45. The van der Waals surface area contributed by atoms with Gasteiger partial charge >= 0.3 is 5.97 Å². The summed E-state index contributed by atoms with van der Waals surface area (Å²) in [5, 5.41) is 9.15. The summed E-state index contributed by atoms with van der Waals surface area (Å²) in [6, 6.07) is 7.23. The molecular formula is C12H12F2O2. The van der Waals surface area contributed by atoms with E-state index in [4.69, 9.17) is 5.11 Å². The maximum atomic E-state index is 12.5. The Kier molecular flexibility index (Phi) is 2.66. The first kappa shape index (κ1) is 11.0. The molecule has 2 rings (SSSR count). The van der Waals surface area contributed by atoms with E-state index in [1.807, 2.05) is 12.1 Å². The SMILES string of the molecule is O=C(O)C1(CC(F)F)Cc2ccccc2C1. The minimum atomic E-state index is -2.58. The molecule has 1 N–H and O–H groups in total. The van der Waals surface area contributed by atoms with E-state index in [9.17, 15) is 13.6 Å². The molecule has 0 atom stereocenters. The van der Waals surface area contributed by atoms with E-state index in [2.05, 4.69) is 0 Å². The number of aliphatic carboxylic acids is 1. The van der Waals surface area contributed by atoms with Crippen LogP contribution in [0.2, 0.25) is 0 Å². The van der Waals surface area contributed by atoms with E-state index in [0.717, 1.165) is 11.1 Å². The largest absolute Gasteiger partial charge is 0.481 e. The summed E-state index contributed by atoms with van der Waals surface area (Å²) in [4.78, 5) is 11.2. The number of fused-ring (bicyclic) bond motifs is 1. The van der Waals surface area contributed by atoms with Crippen molar-refractivity contribution in [2.75, 3.05) is 0 Å². The normalized spacial score (nSPS) is 17.4. The van der Waals surface area contributed by atoms with E-state index in [1.54, 1.807) is 12.1 Å². The Morgan fingerprint density at radius 2 is 1.81 bits per heavy atom. The van der Waals surface area contributed by atoms with Gasteiger partial charge in [-0.3, -0.25) is 4.79 Å². The van der Waals surface area contributed by atoms with Gasteiger partial charge < -0.3 is 5.11 Å². The van der Waals surface area contributed by atoms with Crippen LogP contribution >= 0.6 is 0 Å². The minimum absolute atomic E-state index is 0.211. The third-order valence-electron chi connectivity index (χ3n) is 3.17. The number of hydrogen-bond acceptors (Lipinski definition) is 1. The number of hydrogen-bond donors (Lipinski definition) is 1. The highest BCUT2D eigenvalue weighted by molar-refractivity contribution is 5.77. The zero-order chi connectivity index (χ0) is 11.8. The molecule has 0 radical (unpaired) electrons. The molecule has 0 amide bonds. The van der Waals surface area contributed by atoms with Crippen molar-refractivity contribution < 1.29 is 18.7 Å². The summed E-state index contributed by atoms with van der Waals surface area (Å²) in [5.74, 6) is -1.12. The van der Waals surface area contributed by atoms with Crippen molar-refractivity contribution in [2.45, 2.75) is 25.7 Å². The molecule has 1 aliphatic rings. The van der Waals surface area contributed by atoms with Crippen LogP contribution in [0.1, 0.15) is 17.5 Å². The maximum absolute atomic E-state index is 12.5. The average Bonchev–Trinajstić information content (AvgIpc) is 2.55. The van der Waals surface area contributed by atoms with E-state index in [-0.39, 0.29) is 12.8 Å². The van der Waals surface area contributed by atoms with Crippen molar-refractivity contribution in [2.24, 2.45) is 5.41 Å². The van der Waals surface area contributed by atoms with Crippen LogP contribution in [-0.2, 0) is 17.6 Å². The zero-order valence-electron chi connectivity index (χ0n) is 8.62. The van der Waals surface area contributed by atoms with Crippen molar-refractivity contribution in [1.82, 2.24) is 0 Å². The third-order valence-corrected chi connectivity index (χ3v) is 3.17. The van der Waals surface area contributed by atoms with E-state index in [1.165, 1.54) is 0 Å². The van der Waals surface area contributed by atoms with Gasteiger partial charge in [-0.15, -0.1) is 0 Å². The van der Waals surface area contributed by atoms with Crippen LogP contribution in [0.5, 0.6) is 0 Å². The summed E-state index contributed by atoms with van der Waals surface area (Å²) in [6.45, 7) is 0. The predicted octanol–water partition coefficient (Wildman–Crippen LogP) is 2.51. The highest BCUT2D eigenvalue weighted by atomic mass is 19.3. The van der Waals surface area contributed by atoms with Gasteiger partial charge in [-0.05, 0) is 24.0 Å². The monoisotopic (exact) mass is 226 g/mol.